The predicted molar refractivity (Wildman–Crippen MR) is 120 cm³/mol. The fourth-order valence-corrected chi connectivity index (χ4v) is 3.17. The number of rotatable bonds is 5. The van der Waals surface area contributed by atoms with Gasteiger partial charge in [-0.05, 0) is 31.2 Å². The van der Waals surface area contributed by atoms with Crippen molar-refractivity contribution < 1.29 is 4.79 Å². The van der Waals surface area contributed by atoms with Crippen molar-refractivity contribution in [2.45, 2.75) is 6.92 Å². The number of halogens is 1. The molecule has 1 aromatic heterocycles. The second-order valence-corrected chi connectivity index (χ2v) is 7.16. The van der Waals surface area contributed by atoms with E-state index in [1.807, 2.05) is 79.7 Å². The standard InChI is InChI=1S/C24H19ClN4O/c1-17-11-13-18(14-12-17)23-15-22(28-29(23)20-8-3-2-4-9-20)24(30)27-26-16-19-7-5-6-10-21(19)25/h2-16H,1H3,(H,27,30)/b26-16-. The zero-order valence-corrected chi connectivity index (χ0v) is 17.0. The van der Waals surface area contributed by atoms with Crippen molar-refractivity contribution in [3.8, 4) is 16.9 Å². The highest BCUT2D eigenvalue weighted by Gasteiger charge is 2.16. The van der Waals surface area contributed by atoms with Crippen LogP contribution in [-0.2, 0) is 0 Å². The lowest BCUT2D eigenvalue weighted by Crippen LogP contribution is -2.18. The molecule has 148 valence electrons. The van der Waals surface area contributed by atoms with Crippen LogP contribution in [0.3, 0.4) is 0 Å². The second kappa shape index (κ2) is 8.76. The summed E-state index contributed by atoms with van der Waals surface area (Å²) in [6, 6.07) is 26.8. The van der Waals surface area contributed by atoms with Gasteiger partial charge in [-0.25, -0.2) is 10.1 Å². The molecule has 3 aromatic carbocycles. The third-order valence-electron chi connectivity index (χ3n) is 4.57. The number of aryl methyl sites for hydroxylation is 1. The number of aromatic nitrogens is 2. The highest BCUT2D eigenvalue weighted by molar-refractivity contribution is 6.33. The lowest BCUT2D eigenvalue weighted by Gasteiger charge is -2.07. The highest BCUT2D eigenvalue weighted by Crippen LogP contribution is 2.24. The molecule has 0 unspecified atom stereocenters. The molecule has 0 spiro atoms. The minimum atomic E-state index is -0.402. The smallest absolute Gasteiger partial charge is 0.265 e. The number of para-hydroxylation sites is 1. The first-order valence-electron chi connectivity index (χ1n) is 9.42. The van der Waals surface area contributed by atoms with Gasteiger partial charge in [0.25, 0.3) is 5.91 Å². The topological polar surface area (TPSA) is 59.3 Å². The van der Waals surface area contributed by atoms with Crippen molar-refractivity contribution >= 4 is 23.7 Å². The summed E-state index contributed by atoms with van der Waals surface area (Å²) >= 11 is 6.11. The molecule has 0 atom stereocenters. The molecular formula is C24H19ClN4O. The maximum Gasteiger partial charge on any atom is 0.291 e. The second-order valence-electron chi connectivity index (χ2n) is 6.75. The van der Waals surface area contributed by atoms with E-state index >= 15 is 0 Å². The third kappa shape index (κ3) is 4.31. The van der Waals surface area contributed by atoms with E-state index in [1.165, 1.54) is 6.21 Å². The zero-order chi connectivity index (χ0) is 20.9. The summed E-state index contributed by atoms with van der Waals surface area (Å²) in [6.07, 6.45) is 1.51. The van der Waals surface area contributed by atoms with Gasteiger partial charge in [0.15, 0.2) is 5.69 Å². The molecule has 0 radical (unpaired) electrons. The fourth-order valence-electron chi connectivity index (χ4n) is 2.99. The van der Waals surface area contributed by atoms with Crippen LogP contribution in [0.2, 0.25) is 5.02 Å². The van der Waals surface area contributed by atoms with Crippen LogP contribution in [0.1, 0.15) is 21.6 Å². The number of benzene rings is 3. The summed E-state index contributed by atoms with van der Waals surface area (Å²) in [5.41, 5.74) is 7.33. The SMILES string of the molecule is Cc1ccc(-c2cc(C(=O)N/N=C\c3ccccc3Cl)nn2-c2ccccc2)cc1. The van der Waals surface area contributed by atoms with Crippen molar-refractivity contribution in [2.75, 3.05) is 0 Å². The van der Waals surface area contributed by atoms with Crippen molar-refractivity contribution in [3.63, 3.8) is 0 Å². The average molecular weight is 415 g/mol. The van der Waals surface area contributed by atoms with E-state index in [0.717, 1.165) is 28.1 Å². The fraction of sp³-hybridized carbons (Fsp3) is 0.0417. The van der Waals surface area contributed by atoms with Gasteiger partial charge in [-0.15, -0.1) is 0 Å². The maximum absolute atomic E-state index is 12.7. The van der Waals surface area contributed by atoms with Crippen LogP contribution >= 0.6 is 11.6 Å². The van der Waals surface area contributed by atoms with Crippen LogP contribution in [0, 0.1) is 6.92 Å². The zero-order valence-electron chi connectivity index (χ0n) is 16.3. The Morgan fingerprint density at radius 1 is 1.00 bits per heavy atom. The normalized spacial score (nSPS) is 11.0. The van der Waals surface area contributed by atoms with E-state index in [9.17, 15) is 4.79 Å². The van der Waals surface area contributed by atoms with Crippen molar-refractivity contribution in [2.24, 2.45) is 5.10 Å². The molecule has 0 bridgehead atoms. The van der Waals surface area contributed by atoms with Gasteiger partial charge in [-0.3, -0.25) is 4.79 Å². The Hall–Kier alpha value is -3.70. The monoisotopic (exact) mass is 414 g/mol. The minimum Gasteiger partial charge on any atom is -0.265 e. The molecular weight excluding hydrogens is 396 g/mol. The highest BCUT2D eigenvalue weighted by atomic mass is 35.5. The maximum atomic E-state index is 12.7. The van der Waals surface area contributed by atoms with Crippen molar-refractivity contribution in [1.82, 2.24) is 15.2 Å². The van der Waals surface area contributed by atoms with Gasteiger partial charge >= 0.3 is 0 Å². The number of carbonyl (C=O) groups excluding carboxylic acids is 1. The number of hydrazone groups is 1. The first-order valence-corrected chi connectivity index (χ1v) is 9.80. The van der Waals surface area contributed by atoms with E-state index in [1.54, 1.807) is 16.8 Å². The predicted octanol–water partition coefficient (Wildman–Crippen LogP) is 5.27. The first-order chi connectivity index (χ1) is 14.6. The summed E-state index contributed by atoms with van der Waals surface area (Å²) in [4.78, 5) is 12.7. The van der Waals surface area contributed by atoms with Crippen LogP contribution in [-0.4, -0.2) is 21.9 Å². The Balaban J connectivity index is 1.64. The number of hydrogen-bond donors (Lipinski definition) is 1. The molecule has 4 aromatic rings. The van der Waals surface area contributed by atoms with E-state index in [2.05, 4.69) is 15.6 Å². The molecule has 30 heavy (non-hydrogen) atoms. The molecule has 1 amide bonds. The van der Waals surface area contributed by atoms with Crippen LogP contribution in [0.25, 0.3) is 16.9 Å². The molecule has 0 aliphatic carbocycles. The molecule has 5 nitrogen and oxygen atoms in total. The number of nitrogens with one attached hydrogen (secondary N) is 1. The van der Waals surface area contributed by atoms with E-state index in [4.69, 9.17) is 11.6 Å². The Kier molecular flexibility index (Phi) is 5.72. The molecule has 0 saturated carbocycles. The Labute approximate surface area is 179 Å². The molecule has 6 heteroatoms. The average Bonchev–Trinajstić information content (AvgIpc) is 3.22. The van der Waals surface area contributed by atoms with Crippen molar-refractivity contribution in [1.29, 1.82) is 0 Å². The number of amides is 1. The van der Waals surface area contributed by atoms with Gasteiger partial charge in [0, 0.05) is 16.1 Å². The lowest BCUT2D eigenvalue weighted by molar-refractivity contribution is 0.0949. The summed E-state index contributed by atoms with van der Waals surface area (Å²) in [7, 11) is 0. The number of nitrogens with zero attached hydrogens (tertiary/aromatic N) is 3. The Morgan fingerprint density at radius 3 is 2.43 bits per heavy atom. The number of hydrogen-bond acceptors (Lipinski definition) is 3. The van der Waals surface area contributed by atoms with Gasteiger partial charge in [-0.2, -0.15) is 10.2 Å². The van der Waals surface area contributed by atoms with Gasteiger partial charge in [0.1, 0.15) is 0 Å². The molecule has 0 aliphatic rings. The van der Waals surface area contributed by atoms with Gasteiger partial charge < -0.3 is 0 Å². The van der Waals surface area contributed by atoms with Gasteiger partial charge in [0.05, 0.1) is 17.6 Å². The third-order valence-corrected chi connectivity index (χ3v) is 4.91. The summed E-state index contributed by atoms with van der Waals surface area (Å²) in [5, 5.41) is 9.10. The van der Waals surface area contributed by atoms with Crippen LogP contribution in [0.5, 0.6) is 0 Å². The first kappa shape index (κ1) is 19.6. The van der Waals surface area contributed by atoms with Gasteiger partial charge in [-0.1, -0.05) is 77.8 Å². The summed E-state index contributed by atoms with van der Waals surface area (Å²) in [5.74, 6) is -0.402. The number of carbonyl (C=O) groups is 1. The largest absolute Gasteiger partial charge is 0.291 e. The molecule has 1 N–H and O–H groups in total. The van der Waals surface area contributed by atoms with Crippen LogP contribution in [0.15, 0.2) is 90.0 Å². The molecule has 0 aliphatic heterocycles. The minimum absolute atomic E-state index is 0.269. The summed E-state index contributed by atoms with van der Waals surface area (Å²) in [6.45, 7) is 2.04. The van der Waals surface area contributed by atoms with Crippen molar-refractivity contribution in [3.05, 3.63) is 107 Å². The van der Waals surface area contributed by atoms with E-state index in [-0.39, 0.29) is 5.69 Å². The van der Waals surface area contributed by atoms with Crippen LogP contribution < -0.4 is 5.43 Å². The Morgan fingerprint density at radius 2 is 1.70 bits per heavy atom. The molecule has 1 heterocycles. The van der Waals surface area contributed by atoms with E-state index in [0.29, 0.717) is 5.02 Å². The molecule has 4 rings (SSSR count). The van der Waals surface area contributed by atoms with Crippen LogP contribution in [0.4, 0.5) is 0 Å². The van der Waals surface area contributed by atoms with E-state index < -0.39 is 5.91 Å². The lowest BCUT2D eigenvalue weighted by atomic mass is 10.1. The van der Waals surface area contributed by atoms with Gasteiger partial charge in [0.2, 0.25) is 0 Å². The quantitative estimate of drug-likeness (QED) is 0.357. The molecule has 0 fully saturated rings. The molecule has 0 saturated heterocycles. The Bertz CT molecular complexity index is 1200. The summed E-state index contributed by atoms with van der Waals surface area (Å²) < 4.78 is 1.76.